The van der Waals surface area contributed by atoms with E-state index in [4.69, 9.17) is 23.2 Å². The Morgan fingerprint density at radius 1 is 1.11 bits per heavy atom. The van der Waals surface area contributed by atoms with Gasteiger partial charge in [-0.2, -0.15) is 0 Å². The van der Waals surface area contributed by atoms with Gasteiger partial charge in [0.2, 0.25) is 5.91 Å². The van der Waals surface area contributed by atoms with Crippen LogP contribution in [0.4, 0.5) is 5.69 Å². The summed E-state index contributed by atoms with van der Waals surface area (Å²) in [5.41, 5.74) is 1.22. The maximum atomic E-state index is 13.0. The molecule has 0 spiro atoms. The van der Waals surface area contributed by atoms with E-state index in [0.717, 1.165) is 9.69 Å². The smallest absolute Gasteiger partial charge is 0.265 e. The van der Waals surface area contributed by atoms with Crippen molar-refractivity contribution in [2.45, 2.75) is 17.9 Å². The van der Waals surface area contributed by atoms with Gasteiger partial charge >= 0.3 is 0 Å². The van der Waals surface area contributed by atoms with E-state index >= 15 is 0 Å². The fourth-order valence-electron chi connectivity index (χ4n) is 3.48. The predicted octanol–water partition coefficient (Wildman–Crippen LogP) is 4.53. The highest BCUT2D eigenvalue weighted by Crippen LogP contribution is 2.41. The Bertz CT molecular complexity index is 1210. The number of carbonyl (C=O) groups excluding carboxylic acids is 1. The summed E-state index contributed by atoms with van der Waals surface area (Å²) in [5.74, 6) is -0.424. The monoisotopic (exact) mass is 434 g/mol. The van der Waals surface area contributed by atoms with Crippen LogP contribution in [0.25, 0.3) is 10.8 Å². The highest BCUT2D eigenvalue weighted by Gasteiger charge is 2.36. The van der Waals surface area contributed by atoms with Crippen molar-refractivity contribution in [1.29, 1.82) is 0 Å². The van der Waals surface area contributed by atoms with E-state index in [0.29, 0.717) is 26.7 Å². The molecule has 8 heteroatoms. The van der Waals surface area contributed by atoms with Crippen molar-refractivity contribution in [2.75, 3.05) is 10.8 Å². The SMILES string of the molecule is C[C@@H](NC(=O)CN1c2cccc3cccc(c23)S1(=O)=O)c1ccc(Cl)cc1Cl. The minimum absolute atomic E-state index is 0.224. The lowest BCUT2D eigenvalue weighted by Crippen LogP contribution is -2.39. The van der Waals surface area contributed by atoms with Gasteiger partial charge < -0.3 is 5.32 Å². The molecule has 3 aromatic carbocycles. The molecule has 0 aliphatic carbocycles. The van der Waals surface area contributed by atoms with Gasteiger partial charge in [0.05, 0.1) is 16.6 Å². The van der Waals surface area contributed by atoms with Crippen LogP contribution in [-0.4, -0.2) is 20.9 Å². The zero-order valence-electron chi connectivity index (χ0n) is 14.8. The van der Waals surface area contributed by atoms with Crippen molar-refractivity contribution in [1.82, 2.24) is 5.32 Å². The Morgan fingerprint density at radius 2 is 1.82 bits per heavy atom. The lowest BCUT2D eigenvalue weighted by atomic mass is 10.1. The van der Waals surface area contributed by atoms with Gasteiger partial charge in [-0.05, 0) is 42.1 Å². The summed E-state index contributed by atoms with van der Waals surface area (Å²) < 4.78 is 27.1. The number of nitrogens with one attached hydrogen (secondary N) is 1. The summed E-state index contributed by atoms with van der Waals surface area (Å²) in [4.78, 5) is 12.9. The van der Waals surface area contributed by atoms with Crippen LogP contribution in [0.2, 0.25) is 10.0 Å². The first-order valence-electron chi connectivity index (χ1n) is 8.58. The second kappa shape index (κ2) is 6.95. The normalized spacial score (nSPS) is 15.6. The lowest BCUT2D eigenvalue weighted by molar-refractivity contribution is -0.120. The topological polar surface area (TPSA) is 66.5 Å². The van der Waals surface area contributed by atoms with Gasteiger partial charge in [0.15, 0.2) is 0 Å². The number of benzene rings is 3. The van der Waals surface area contributed by atoms with Crippen LogP contribution in [-0.2, 0) is 14.8 Å². The molecule has 144 valence electrons. The number of halogens is 2. The van der Waals surface area contributed by atoms with Crippen molar-refractivity contribution < 1.29 is 13.2 Å². The second-order valence-electron chi connectivity index (χ2n) is 6.60. The van der Waals surface area contributed by atoms with Crippen LogP contribution in [0.3, 0.4) is 0 Å². The fraction of sp³-hybridized carbons (Fsp3) is 0.150. The van der Waals surface area contributed by atoms with E-state index in [-0.39, 0.29) is 11.4 Å². The summed E-state index contributed by atoms with van der Waals surface area (Å²) in [6.07, 6.45) is 0. The molecule has 1 aliphatic rings. The van der Waals surface area contributed by atoms with E-state index < -0.39 is 22.0 Å². The van der Waals surface area contributed by atoms with Crippen LogP contribution in [0.1, 0.15) is 18.5 Å². The van der Waals surface area contributed by atoms with Crippen LogP contribution in [0.5, 0.6) is 0 Å². The molecule has 5 nitrogen and oxygen atoms in total. The second-order valence-corrected chi connectivity index (χ2v) is 9.27. The van der Waals surface area contributed by atoms with Crippen molar-refractivity contribution in [3.63, 3.8) is 0 Å². The molecule has 0 radical (unpaired) electrons. The first-order valence-corrected chi connectivity index (χ1v) is 10.8. The van der Waals surface area contributed by atoms with Crippen LogP contribution >= 0.6 is 23.2 Å². The quantitative estimate of drug-likeness (QED) is 0.655. The number of rotatable bonds is 4. The number of hydrogen-bond donors (Lipinski definition) is 1. The van der Waals surface area contributed by atoms with E-state index in [9.17, 15) is 13.2 Å². The third kappa shape index (κ3) is 3.11. The number of sulfonamides is 1. The zero-order chi connectivity index (χ0) is 20.1. The first kappa shape index (κ1) is 19.1. The summed E-state index contributed by atoms with van der Waals surface area (Å²) in [6, 6.07) is 15.1. The Labute approximate surface area is 172 Å². The van der Waals surface area contributed by atoms with Gasteiger partial charge in [0.1, 0.15) is 6.54 Å². The minimum Gasteiger partial charge on any atom is -0.348 e. The lowest BCUT2D eigenvalue weighted by Gasteiger charge is -2.21. The number of nitrogens with zero attached hydrogens (tertiary/aromatic N) is 1. The largest absolute Gasteiger partial charge is 0.348 e. The van der Waals surface area contributed by atoms with Crippen LogP contribution in [0.15, 0.2) is 59.5 Å². The molecule has 0 unspecified atom stereocenters. The molecule has 28 heavy (non-hydrogen) atoms. The summed E-state index contributed by atoms with van der Waals surface area (Å²) in [7, 11) is -3.78. The molecule has 4 rings (SSSR count). The number of amides is 1. The van der Waals surface area contributed by atoms with Crippen LogP contribution < -0.4 is 9.62 Å². The average molecular weight is 435 g/mol. The molecule has 1 aliphatic heterocycles. The van der Waals surface area contributed by atoms with Gasteiger partial charge in [-0.15, -0.1) is 0 Å². The number of hydrogen-bond acceptors (Lipinski definition) is 3. The molecule has 0 aromatic heterocycles. The maximum absolute atomic E-state index is 13.0. The highest BCUT2D eigenvalue weighted by atomic mass is 35.5. The average Bonchev–Trinajstić information content (AvgIpc) is 2.85. The molecular formula is C20H16Cl2N2O3S. The third-order valence-electron chi connectivity index (χ3n) is 4.77. The third-order valence-corrected chi connectivity index (χ3v) is 7.14. The van der Waals surface area contributed by atoms with E-state index in [1.165, 1.54) is 0 Å². The summed E-state index contributed by atoms with van der Waals surface area (Å²) in [5, 5.41) is 5.21. The first-order chi connectivity index (χ1) is 13.3. The van der Waals surface area contributed by atoms with Crippen molar-refractivity contribution >= 4 is 55.6 Å². The van der Waals surface area contributed by atoms with Gasteiger partial charge in [0, 0.05) is 15.4 Å². The van der Waals surface area contributed by atoms with E-state index in [2.05, 4.69) is 5.32 Å². The predicted molar refractivity (Wildman–Crippen MR) is 111 cm³/mol. The Hall–Kier alpha value is -2.28. The Morgan fingerprint density at radius 3 is 2.54 bits per heavy atom. The molecule has 0 bridgehead atoms. The Kier molecular flexibility index (Phi) is 4.73. The standard InChI is InChI=1S/C20H16Cl2N2O3S/c1-12(15-9-8-14(21)10-16(15)22)23-19(25)11-24-17-6-2-4-13-5-3-7-18(20(13)17)28(24,26)27/h2-10,12H,11H2,1H3,(H,23,25)/t12-/m1/s1. The summed E-state index contributed by atoms with van der Waals surface area (Å²) >= 11 is 12.1. The van der Waals surface area contributed by atoms with Crippen LogP contribution in [0, 0.1) is 0 Å². The fourth-order valence-corrected chi connectivity index (χ4v) is 5.72. The van der Waals surface area contributed by atoms with E-state index in [1.807, 2.05) is 12.1 Å². The molecule has 1 amide bonds. The van der Waals surface area contributed by atoms with Crippen molar-refractivity contribution in [3.8, 4) is 0 Å². The molecule has 1 atom stereocenters. The minimum atomic E-state index is -3.78. The molecule has 3 aromatic rings. The van der Waals surface area contributed by atoms with Crippen molar-refractivity contribution in [3.05, 3.63) is 70.2 Å². The molecule has 0 saturated carbocycles. The molecule has 0 saturated heterocycles. The van der Waals surface area contributed by atoms with E-state index in [1.54, 1.807) is 49.4 Å². The summed E-state index contributed by atoms with van der Waals surface area (Å²) in [6.45, 7) is 1.46. The molecule has 1 N–H and O–H groups in total. The maximum Gasteiger partial charge on any atom is 0.265 e. The number of carbonyl (C=O) groups is 1. The Balaban J connectivity index is 1.59. The highest BCUT2D eigenvalue weighted by molar-refractivity contribution is 7.93. The van der Waals surface area contributed by atoms with Gasteiger partial charge in [-0.1, -0.05) is 53.5 Å². The zero-order valence-corrected chi connectivity index (χ0v) is 17.1. The number of anilines is 1. The molecule has 1 heterocycles. The molecular weight excluding hydrogens is 419 g/mol. The van der Waals surface area contributed by atoms with Gasteiger partial charge in [-0.3, -0.25) is 9.10 Å². The molecule has 0 fully saturated rings. The van der Waals surface area contributed by atoms with Gasteiger partial charge in [-0.25, -0.2) is 8.42 Å². The van der Waals surface area contributed by atoms with Gasteiger partial charge in [0.25, 0.3) is 10.0 Å². The van der Waals surface area contributed by atoms with Crippen molar-refractivity contribution in [2.24, 2.45) is 0 Å².